The number of nitrogens with zero attached hydrogens (tertiary/aromatic N) is 2. The Labute approximate surface area is 192 Å². The van der Waals surface area contributed by atoms with E-state index in [9.17, 15) is 9.59 Å². The highest BCUT2D eigenvalue weighted by atomic mass is 16.2. The van der Waals surface area contributed by atoms with Crippen molar-refractivity contribution in [3.05, 3.63) is 72.3 Å². The highest BCUT2D eigenvalue weighted by Crippen LogP contribution is 2.32. The predicted molar refractivity (Wildman–Crippen MR) is 132 cm³/mol. The van der Waals surface area contributed by atoms with E-state index < -0.39 is 5.41 Å². The van der Waals surface area contributed by atoms with E-state index in [2.05, 4.69) is 34.3 Å². The van der Waals surface area contributed by atoms with Gasteiger partial charge in [-0.25, -0.2) is 0 Å². The molecule has 0 spiro atoms. The molecule has 1 aromatic heterocycles. The monoisotopic (exact) mass is 438 g/mol. The van der Waals surface area contributed by atoms with Crippen molar-refractivity contribution in [3.63, 3.8) is 0 Å². The lowest BCUT2D eigenvalue weighted by molar-refractivity contribution is -0.129. The van der Waals surface area contributed by atoms with Crippen LogP contribution in [-0.4, -0.2) is 16.4 Å². The number of aryl methyl sites for hydroxylation is 1. The molecule has 1 heterocycles. The van der Waals surface area contributed by atoms with Gasteiger partial charge in [-0.2, -0.15) is 5.26 Å². The van der Waals surface area contributed by atoms with Crippen molar-refractivity contribution in [1.29, 1.82) is 5.26 Å². The van der Waals surface area contributed by atoms with Gasteiger partial charge in [0, 0.05) is 46.1 Å². The van der Waals surface area contributed by atoms with E-state index >= 15 is 0 Å². The minimum atomic E-state index is -0.914. The molecule has 0 fully saturated rings. The number of hydrogen-bond donors (Lipinski definition) is 2. The van der Waals surface area contributed by atoms with Gasteiger partial charge < -0.3 is 15.2 Å². The Bertz CT molecular complexity index is 1390. The first-order chi connectivity index (χ1) is 15.8. The van der Waals surface area contributed by atoms with Crippen LogP contribution < -0.4 is 10.6 Å². The molecular formula is C27H26N4O2. The molecule has 0 radical (unpaired) electrons. The summed E-state index contributed by atoms with van der Waals surface area (Å²) < 4.78 is 2.26. The van der Waals surface area contributed by atoms with Crippen molar-refractivity contribution in [2.45, 2.75) is 33.7 Å². The molecule has 4 rings (SSSR count). The number of aromatic nitrogens is 1. The van der Waals surface area contributed by atoms with Crippen LogP contribution in [0.25, 0.3) is 21.8 Å². The third kappa shape index (κ3) is 4.44. The lowest BCUT2D eigenvalue weighted by atomic mass is 9.87. The molecule has 0 saturated carbocycles. The Morgan fingerprint density at radius 1 is 0.909 bits per heavy atom. The SMILES string of the molecule is CCn1c2ccccc2c2cc(NC(=O)C(C)(C)CC(=O)Nc3ccc(C#N)cc3)ccc21. The Hall–Kier alpha value is -4.11. The van der Waals surface area contributed by atoms with Crippen LogP contribution in [0.4, 0.5) is 11.4 Å². The van der Waals surface area contributed by atoms with Crippen molar-refractivity contribution >= 4 is 45.0 Å². The van der Waals surface area contributed by atoms with Crippen molar-refractivity contribution in [2.75, 3.05) is 10.6 Å². The highest BCUT2D eigenvalue weighted by molar-refractivity contribution is 6.10. The van der Waals surface area contributed by atoms with E-state index in [-0.39, 0.29) is 18.2 Å². The molecule has 0 atom stereocenters. The second-order valence-corrected chi connectivity index (χ2v) is 8.75. The fraction of sp³-hybridized carbons (Fsp3) is 0.222. The van der Waals surface area contributed by atoms with Crippen LogP contribution >= 0.6 is 0 Å². The van der Waals surface area contributed by atoms with Crippen LogP contribution in [0.5, 0.6) is 0 Å². The zero-order chi connectivity index (χ0) is 23.6. The number of carbonyl (C=O) groups excluding carboxylic acids is 2. The smallest absolute Gasteiger partial charge is 0.230 e. The molecule has 0 aliphatic heterocycles. The fourth-order valence-electron chi connectivity index (χ4n) is 4.09. The summed E-state index contributed by atoms with van der Waals surface area (Å²) in [5.41, 5.74) is 3.19. The number of amides is 2. The van der Waals surface area contributed by atoms with Gasteiger partial charge in [0.1, 0.15) is 0 Å². The number of fused-ring (bicyclic) bond motifs is 3. The number of rotatable bonds is 6. The van der Waals surface area contributed by atoms with Crippen LogP contribution in [0.2, 0.25) is 0 Å². The molecule has 6 heteroatoms. The van der Waals surface area contributed by atoms with Gasteiger partial charge in [0.2, 0.25) is 11.8 Å². The largest absolute Gasteiger partial charge is 0.341 e. The van der Waals surface area contributed by atoms with Gasteiger partial charge in [-0.15, -0.1) is 0 Å². The lowest BCUT2D eigenvalue weighted by Gasteiger charge is -2.23. The Morgan fingerprint density at radius 2 is 1.58 bits per heavy atom. The number of hydrogen-bond acceptors (Lipinski definition) is 3. The molecule has 6 nitrogen and oxygen atoms in total. The molecular weight excluding hydrogens is 412 g/mol. The second kappa shape index (κ2) is 8.79. The van der Waals surface area contributed by atoms with Crippen molar-refractivity contribution in [1.82, 2.24) is 4.57 Å². The van der Waals surface area contributed by atoms with Crippen LogP contribution in [0, 0.1) is 16.7 Å². The lowest BCUT2D eigenvalue weighted by Crippen LogP contribution is -2.34. The number of anilines is 2. The normalized spacial score (nSPS) is 11.3. The Kier molecular flexibility index (Phi) is 5.89. The average molecular weight is 439 g/mol. The van der Waals surface area contributed by atoms with Gasteiger partial charge in [-0.3, -0.25) is 9.59 Å². The third-order valence-corrected chi connectivity index (χ3v) is 5.86. The number of nitriles is 1. The number of benzene rings is 3. The van der Waals surface area contributed by atoms with E-state index in [4.69, 9.17) is 5.26 Å². The first-order valence-electron chi connectivity index (χ1n) is 10.9. The van der Waals surface area contributed by atoms with Crippen molar-refractivity contribution in [3.8, 4) is 6.07 Å². The van der Waals surface area contributed by atoms with Crippen LogP contribution in [0.1, 0.15) is 32.8 Å². The molecule has 2 amide bonds. The standard InChI is InChI=1S/C27H26N4O2/c1-4-31-23-8-6-5-7-21(23)22-15-20(13-14-24(22)31)30-26(33)27(2,3)16-25(32)29-19-11-9-18(17-28)10-12-19/h5-15H,4,16H2,1-3H3,(H,29,32)(H,30,33). The summed E-state index contributed by atoms with van der Waals surface area (Å²) in [6, 6.07) is 22.8. The van der Waals surface area contributed by atoms with E-state index in [1.807, 2.05) is 36.4 Å². The minimum absolute atomic E-state index is 0.0240. The van der Waals surface area contributed by atoms with Crippen LogP contribution in [0.3, 0.4) is 0 Å². The predicted octanol–water partition coefficient (Wildman–Crippen LogP) is 5.68. The maximum absolute atomic E-state index is 13.0. The summed E-state index contributed by atoms with van der Waals surface area (Å²) in [5.74, 6) is -0.489. The molecule has 0 unspecified atom stereocenters. The zero-order valence-corrected chi connectivity index (χ0v) is 19.0. The van der Waals surface area contributed by atoms with Gasteiger partial charge in [0.15, 0.2) is 0 Å². The van der Waals surface area contributed by atoms with E-state index in [1.165, 1.54) is 5.52 Å². The Balaban J connectivity index is 1.49. The van der Waals surface area contributed by atoms with E-state index in [0.717, 1.165) is 22.8 Å². The molecule has 0 aliphatic rings. The van der Waals surface area contributed by atoms with Gasteiger partial charge in [0.25, 0.3) is 0 Å². The fourth-order valence-corrected chi connectivity index (χ4v) is 4.09. The van der Waals surface area contributed by atoms with Crippen LogP contribution in [0.15, 0.2) is 66.7 Å². The highest BCUT2D eigenvalue weighted by Gasteiger charge is 2.31. The summed E-state index contributed by atoms with van der Waals surface area (Å²) in [6.07, 6.45) is 0.0240. The van der Waals surface area contributed by atoms with Crippen molar-refractivity contribution < 1.29 is 9.59 Å². The third-order valence-electron chi connectivity index (χ3n) is 5.86. The van der Waals surface area contributed by atoms with Crippen LogP contribution in [-0.2, 0) is 16.1 Å². The summed E-state index contributed by atoms with van der Waals surface area (Å²) in [4.78, 5) is 25.6. The molecule has 0 bridgehead atoms. The summed E-state index contributed by atoms with van der Waals surface area (Å²) in [6.45, 7) is 6.48. The summed E-state index contributed by atoms with van der Waals surface area (Å²) in [7, 11) is 0. The molecule has 2 N–H and O–H groups in total. The Morgan fingerprint density at radius 3 is 2.27 bits per heavy atom. The first kappa shape index (κ1) is 22.1. The minimum Gasteiger partial charge on any atom is -0.341 e. The first-order valence-corrected chi connectivity index (χ1v) is 10.9. The molecule has 0 saturated heterocycles. The van der Waals surface area contributed by atoms with Crippen molar-refractivity contribution in [2.24, 2.45) is 5.41 Å². The number of para-hydroxylation sites is 1. The van der Waals surface area contributed by atoms with Gasteiger partial charge >= 0.3 is 0 Å². The summed E-state index contributed by atoms with van der Waals surface area (Å²) >= 11 is 0. The van der Waals surface area contributed by atoms with Gasteiger partial charge in [-0.05, 0) is 55.5 Å². The average Bonchev–Trinajstić information content (AvgIpc) is 3.12. The van der Waals surface area contributed by atoms with E-state index in [1.54, 1.807) is 38.1 Å². The van der Waals surface area contributed by atoms with Gasteiger partial charge in [0.05, 0.1) is 17.0 Å². The molecule has 0 aliphatic carbocycles. The maximum atomic E-state index is 13.0. The zero-order valence-electron chi connectivity index (χ0n) is 19.0. The quantitative estimate of drug-likeness (QED) is 0.406. The second-order valence-electron chi connectivity index (χ2n) is 8.75. The maximum Gasteiger partial charge on any atom is 0.230 e. The molecule has 166 valence electrons. The molecule has 3 aromatic carbocycles. The molecule has 33 heavy (non-hydrogen) atoms. The van der Waals surface area contributed by atoms with Gasteiger partial charge in [-0.1, -0.05) is 32.0 Å². The molecule has 4 aromatic rings. The topological polar surface area (TPSA) is 86.9 Å². The summed E-state index contributed by atoms with van der Waals surface area (Å²) in [5, 5.41) is 16.9. The number of carbonyl (C=O) groups is 2. The van der Waals surface area contributed by atoms with E-state index in [0.29, 0.717) is 16.9 Å². The number of nitrogens with one attached hydrogen (secondary N) is 2.